The van der Waals surface area contributed by atoms with Crippen LogP contribution in [0.3, 0.4) is 0 Å². The molecule has 1 saturated heterocycles. The van der Waals surface area contributed by atoms with Gasteiger partial charge in [-0.2, -0.15) is 20.4 Å². The third-order valence-corrected chi connectivity index (χ3v) is 5.81. The molecule has 0 saturated carbocycles. The monoisotopic (exact) mass is 428 g/mol. The lowest BCUT2D eigenvalue weighted by Gasteiger charge is -2.32. The standard InChI is InChI=1S/C23H24N8O/c1-29-5-7-31(8-6-29)23-11-18(13-24-28-23)22(32)12-20-10-17-9-16(3-4-21(17)27-26-20)19-14-25-30(2)15-19/h3-4,9-11,13-15H,5-8,12H2,1-2H3. The summed E-state index contributed by atoms with van der Waals surface area (Å²) in [5.74, 6) is 0.696. The molecule has 3 aromatic heterocycles. The first-order chi connectivity index (χ1) is 15.5. The second-order valence-corrected chi connectivity index (χ2v) is 8.20. The highest BCUT2D eigenvalue weighted by Gasteiger charge is 2.18. The summed E-state index contributed by atoms with van der Waals surface area (Å²) in [4.78, 5) is 17.4. The molecule has 9 heteroatoms. The lowest BCUT2D eigenvalue weighted by molar-refractivity contribution is 0.0991. The van der Waals surface area contributed by atoms with Crippen LogP contribution in [0.5, 0.6) is 0 Å². The maximum Gasteiger partial charge on any atom is 0.170 e. The lowest BCUT2D eigenvalue weighted by Crippen LogP contribution is -2.44. The molecule has 0 radical (unpaired) electrons. The first-order valence-electron chi connectivity index (χ1n) is 10.6. The van der Waals surface area contributed by atoms with Crippen LogP contribution < -0.4 is 4.90 Å². The average molecular weight is 429 g/mol. The molecule has 162 valence electrons. The first kappa shape index (κ1) is 20.2. The highest BCUT2D eigenvalue weighted by molar-refractivity contribution is 5.98. The Bertz CT molecular complexity index is 1280. The van der Waals surface area contributed by atoms with E-state index in [-0.39, 0.29) is 12.2 Å². The molecule has 9 nitrogen and oxygen atoms in total. The Labute approximate surface area is 185 Å². The second-order valence-electron chi connectivity index (χ2n) is 8.20. The number of piperazine rings is 1. The van der Waals surface area contributed by atoms with Crippen molar-refractivity contribution in [3.8, 4) is 11.1 Å². The maximum absolute atomic E-state index is 13.0. The highest BCUT2D eigenvalue weighted by atomic mass is 16.1. The number of nitrogens with zero attached hydrogens (tertiary/aromatic N) is 8. The molecule has 0 amide bonds. The molecule has 1 aliphatic heterocycles. The number of benzene rings is 1. The van der Waals surface area contributed by atoms with E-state index in [2.05, 4.69) is 48.4 Å². The van der Waals surface area contributed by atoms with Crippen molar-refractivity contribution < 1.29 is 4.79 Å². The number of carbonyl (C=O) groups excluding carboxylic acids is 1. The molecule has 0 unspecified atom stereocenters. The van der Waals surface area contributed by atoms with E-state index in [0.29, 0.717) is 11.3 Å². The molecule has 0 bridgehead atoms. The van der Waals surface area contributed by atoms with Crippen molar-refractivity contribution in [2.45, 2.75) is 6.42 Å². The largest absolute Gasteiger partial charge is 0.353 e. The van der Waals surface area contributed by atoms with Gasteiger partial charge in [-0.15, -0.1) is 5.10 Å². The Hall–Kier alpha value is -3.72. The Kier molecular flexibility index (Phi) is 5.32. The van der Waals surface area contributed by atoms with Gasteiger partial charge in [0, 0.05) is 55.9 Å². The van der Waals surface area contributed by atoms with Crippen LogP contribution in [0.25, 0.3) is 22.0 Å². The fourth-order valence-corrected chi connectivity index (χ4v) is 3.89. The summed E-state index contributed by atoms with van der Waals surface area (Å²) in [6.07, 6.45) is 5.48. The van der Waals surface area contributed by atoms with Crippen molar-refractivity contribution in [1.29, 1.82) is 0 Å². The van der Waals surface area contributed by atoms with E-state index in [0.717, 1.165) is 54.0 Å². The number of carbonyl (C=O) groups is 1. The van der Waals surface area contributed by atoms with Gasteiger partial charge in [0.1, 0.15) is 0 Å². The minimum Gasteiger partial charge on any atom is -0.353 e. The van der Waals surface area contributed by atoms with E-state index in [1.165, 1.54) is 6.20 Å². The van der Waals surface area contributed by atoms with Gasteiger partial charge in [0.25, 0.3) is 0 Å². The van der Waals surface area contributed by atoms with Gasteiger partial charge in [-0.3, -0.25) is 9.48 Å². The van der Waals surface area contributed by atoms with Gasteiger partial charge in [0.15, 0.2) is 11.6 Å². The maximum atomic E-state index is 13.0. The predicted molar refractivity (Wildman–Crippen MR) is 122 cm³/mol. The summed E-state index contributed by atoms with van der Waals surface area (Å²) in [6.45, 7) is 3.68. The molecular formula is C23H24N8O. The average Bonchev–Trinajstić information content (AvgIpc) is 3.25. The Morgan fingerprint density at radius 2 is 1.78 bits per heavy atom. The summed E-state index contributed by atoms with van der Waals surface area (Å²) >= 11 is 0. The number of likely N-dealkylation sites (N-methyl/N-ethyl adjacent to an activating group) is 1. The zero-order chi connectivity index (χ0) is 22.1. The zero-order valence-corrected chi connectivity index (χ0v) is 18.1. The summed E-state index contributed by atoms with van der Waals surface area (Å²) in [5, 5.41) is 22.0. The smallest absolute Gasteiger partial charge is 0.170 e. The van der Waals surface area contributed by atoms with Crippen molar-refractivity contribution in [2.24, 2.45) is 7.05 Å². The third-order valence-electron chi connectivity index (χ3n) is 5.81. The molecule has 1 aromatic carbocycles. The zero-order valence-electron chi connectivity index (χ0n) is 18.1. The summed E-state index contributed by atoms with van der Waals surface area (Å²) in [6, 6.07) is 9.74. The van der Waals surface area contributed by atoms with Crippen LogP contribution in [0.1, 0.15) is 16.1 Å². The van der Waals surface area contributed by atoms with Crippen molar-refractivity contribution in [1.82, 2.24) is 35.1 Å². The molecule has 0 N–H and O–H groups in total. The molecule has 1 aliphatic rings. The third kappa shape index (κ3) is 4.19. The van der Waals surface area contributed by atoms with E-state index in [1.54, 1.807) is 4.68 Å². The van der Waals surface area contributed by atoms with Crippen LogP contribution in [0.2, 0.25) is 0 Å². The topological polar surface area (TPSA) is 92.9 Å². The molecule has 0 atom stereocenters. The molecule has 5 rings (SSSR count). The number of rotatable bonds is 5. The van der Waals surface area contributed by atoms with E-state index < -0.39 is 0 Å². The molecule has 1 fully saturated rings. The van der Waals surface area contributed by atoms with Gasteiger partial charge < -0.3 is 9.80 Å². The number of ketones is 1. The fourth-order valence-electron chi connectivity index (χ4n) is 3.89. The van der Waals surface area contributed by atoms with E-state index >= 15 is 0 Å². The minimum atomic E-state index is -0.0488. The summed E-state index contributed by atoms with van der Waals surface area (Å²) < 4.78 is 1.77. The SMILES string of the molecule is CN1CCN(c2cc(C(=O)Cc3cc4cc(-c5cnn(C)c5)ccc4nn3)cnn2)CC1. The number of fused-ring (bicyclic) bond motifs is 1. The van der Waals surface area contributed by atoms with Crippen LogP contribution in [0.15, 0.2) is 48.9 Å². The van der Waals surface area contributed by atoms with Gasteiger partial charge in [-0.1, -0.05) is 6.07 Å². The summed E-state index contributed by atoms with van der Waals surface area (Å²) in [5.41, 5.74) is 4.04. The van der Waals surface area contributed by atoms with Gasteiger partial charge in [0.05, 0.1) is 30.0 Å². The lowest BCUT2D eigenvalue weighted by atomic mass is 10.0. The highest BCUT2D eigenvalue weighted by Crippen LogP contribution is 2.23. The number of anilines is 1. The van der Waals surface area contributed by atoms with Gasteiger partial charge >= 0.3 is 0 Å². The predicted octanol–water partition coefficient (Wildman–Crippen LogP) is 2.00. The van der Waals surface area contributed by atoms with Crippen LogP contribution in [-0.2, 0) is 13.5 Å². The van der Waals surface area contributed by atoms with Crippen molar-refractivity contribution >= 4 is 22.5 Å². The molecular weight excluding hydrogens is 404 g/mol. The molecule has 32 heavy (non-hydrogen) atoms. The van der Waals surface area contributed by atoms with Crippen LogP contribution in [0.4, 0.5) is 5.82 Å². The van der Waals surface area contributed by atoms with E-state index in [1.807, 2.05) is 43.7 Å². The van der Waals surface area contributed by atoms with Gasteiger partial charge in [0.2, 0.25) is 0 Å². The van der Waals surface area contributed by atoms with Crippen LogP contribution in [-0.4, -0.2) is 74.1 Å². The molecule has 4 heterocycles. The van der Waals surface area contributed by atoms with Crippen LogP contribution in [0, 0.1) is 0 Å². The first-order valence-corrected chi connectivity index (χ1v) is 10.6. The van der Waals surface area contributed by atoms with Gasteiger partial charge in [-0.05, 0) is 36.9 Å². The number of aryl methyl sites for hydroxylation is 1. The van der Waals surface area contributed by atoms with Crippen molar-refractivity contribution in [3.05, 3.63) is 60.2 Å². The summed E-state index contributed by atoms with van der Waals surface area (Å²) in [7, 11) is 4.00. The fraction of sp³-hybridized carbons (Fsp3) is 0.304. The Morgan fingerprint density at radius 3 is 2.56 bits per heavy atom. The van der Waals surface area contributed by atoms with Crippen molar-refractivity contribution in [2.75, 3.05) is 38.1 Å². The number of hydrogen-bond donors (Lipinski definition) is 0. The normalized spacial score (nSPS) is 14.8. The Morgan fingerprint density at radius 1 is 0.938 bits per heavy atom. The van der Waals surface area contributed by atoms with Crippen LogP contribution >= 0.6 is 0 Å². The minimum absolute atomic E-state index is 0.0488. The molecule has 4 aromatic rings. The van der Waals surface area contributed by atoms with Crippen molar-refractivity contribution in [3.63, 3.8) is 0 Å². The van der Waals surface area contributed by atoms with E-state index in [4.69, 9.17) is 0 Å². The number of Topliss-reactive ketones (excluding diaryl/α,β-unsaturated/α-hetero) is 1. The second kappa shape index (κ2) is 8.43. The Balaban J connectivity index is 1.36. The molecule has 0 aliphatic carbocycles. The quantitative estimate of drug-likeness (QED) is 0.446. The number of aromatic nitrogens is 6. The molecule has 0 spiro atoms. The van der Waals surface area contributed by atoms with E-state index in [9.17, 15) is 4.79 Å². The number of hydrogen-bond acceptors (Lipinski definition) is 8. The van der Waals surface area contributed by atoms with Gasteiger partial charge in [-0.25, -0.2) is 0 Å².